The first-order valence-corrected chi connectivity index (χ1v) is 15.4. The van der Waals surface area contributed by atoms with Gasteiger partial charge in [-0.2, -0.15) is 5.10 Å². The highest BCUT2D eigenvalue weighted by molar-refractivity contribution is 6.11. The first-order valence-electron chi connectivity index (χ1n) is 15.4. The number of aryl methyl sites for hydroxylation is 1. The summed E-state index contributed by atoms with van der Waals surface area (Å²) in [6.45, 7) is 5.11. The van der Waals surface area contributed by atoms with Crippen molar-refractivity contribution in [3.05, 3.63) is 81.7 Å². The van der Waals surface area contributed by atoms with Gasteiger partial charge in [0.2, 0.25) is 5.78 Å². The van der Waals surface area contributed by atoms with Crippen LogP contribution >= 0.6 is 0 Å². The van der Waals surface area contributed by atoms with Gasteiger partial charge < -0.3 is 30.0 Å². The second-order valence-corrected chi connectivity index (χ2v) is 12.0. The van der Waals surface area contributed by atoms with E-state index < -0.39 is 0 Å². The number of aromatic nitrogens is 3. The topological polar surface area (TPSA) is 110 Å². The maximum atomic E-state index is 13.3. The van der Waals surface area contributed by atoms with Gasteiger partial charge in [-0.25, -0.2) is 9.67 Å². The number of rotatable bonds is 6. The summed E-state index contributed by atoms with van der Waals surface area (Å²) in [5.41, 5.74) is 6.78. The number of nitrogens with zero attached hydrogens (tertiary/aromatic N) is 7. The minimum absolute atomic E-state index is 0.131. The van der Waals surface area contributed by atoms with E-state index in [2.05, 4.69) is 42.0 Å². The van der Waals surface area contributed by atoms with Crippen molar-refractivity contribution in [2.24, 2.45) is 7.05 Å². The number of aliphatic hydroxyl groups excluding tert-OH is 1. The zero-order chi connectivity index (χ0) is 30.4. The van der Waals surface area contributed by atoms with Crippen molar-refractivity contribution in [2.45, 2.75) is 32.3 Å². The number of hydrogen-bond acceptors (Lipinski definition) is 10. The van der Waals surface area contributed by atoms with Gasteiger partial charge in [-0.1, -0.05) is 12.1 Å². The van der Waals surface area contributed by atoms with E-state index in [1.165, 1.54) is 10.4 Å². The van der Waals surface area contributed by atoms with Gasteiger partial charge in [0, 0.05) is 80.6 Å². The van der Waals surface area contributed by atoms with Crippen LogP contribution in [-0.2, 0) is 18.4 Å². The van der Waals surface area contributed by atoms with Crippen molar-refractivity contribution in [1.29, 1.82) is 0 Å². The van der Waals surface area contributed by atoms with Gasteiger partial charge in [0.1, 0.15) is 17.2 Å². The van der Waals surface area contributed by atoms with E-state index in [9.17, 15) is 14.7 Å². The van der Waals surface area contributed by atoms with Gasteiger partial charge in [0.25, 0.3) is 5.56 Å². The molecule has 228 valence electrons. The Balaban J connectivity index is 1.17. The van der Waals surface area contributed by atoms with Gasteiger partial charge >= 0.3 is 0 Å². The van der Waals surface area contributed by atoms with E-state index in [0.717, 1.165) is 86.6 Å². The van der Waals surface area contributed by atoms with Gasteiger partial charge in [0.15, 0.2) is 0 Å². The highest BCUT2D eigenvalue weighted by Gasteiger charge is 2.38. The van der Waals surface area contributed by atoms with E-state index in [1.807, 2.05) is 42.7 Å². The monoisotopic (exact) mass is 594 g/mol. The fraction of sp³-hybridized carbons (Fsp3) is 0.394. The molecule has 1 fully saturated rings. The molecule has 0 amide bonds. The molecule has 11 nitrogen and oxygen atoms in total. The van der Waals surface area contributed by atoms with Crippen molar-refractivity contribution in [3.8, 4) is 11.3 Å². The smallest absolute Gasteiger partial charge is 0.290 e. The zero-order valence-electron chi connectivity index (χ0n) is 25.3. The summed E-state index contributed by atoms with van der Waals surface area (Å²) in [4.78, 5) is 39.8. The van der Waals surface area contributed by atoms with E-state index in [1.54, 1.807) is 13.1 Å². The zero-order valence-corrected chi connectivity index (χ0v) is 25.3. The fourth-order valence-corrected chi connectivity index (χ4v) is 6.78. The largest absolute Gasteiger partial charge is 0.392 e. The SMILES string of the molecule is CN1CCN(c2ccc(Nc3cc(-c4cccc(N5C=C6C(=O)C7=C(CCCC7)N6CC5)c4CO)nn(C)c3=O)nc2)CC1. The molecule has 2 aromatic heterocycles. The minimum atomic E-state index is -0.280. The van der Waals surface area contributed by atoms with Crippen molar-refractivity contribution in [3.63, 3.8) is 0 Å². The van der Waals surface area contributed by atoms with Crippen LogP contribution in [0.5, 0.6) is 0 Å². The Morgan fingerprint density at radius 2 is 1.77 bits per heavy atom. The maximum absolute atomic E-state index is 13.3. The first-order chi connectivity index (χ1) is 21.4. The second kappa shape index (κ2) is 11.5. The third-order valence-corrected chi connectivity index (χ3v) is 9.24. The predicted molar refractivity (Wildman–Crippen MR) is 171 cm³/mol. The lowest BCUT2D eigenvalue weighted by Gasteiger charge is -2.35. The summed E-state index contributed by atoms with van der Waals surface area (Å²) in [5.74, 6) is 0.696. The molecule has 11 heteroatoms. The van der Waals surface area contributed by atoms with Gasteiger partial charge in [-0.3, -0.25) is 9.59 Å². The number of carbonyl (C=O) groups is 1. The van der Waals surface area contributed by atoms with Crippen LogP contribution in [0.1, 0.15) is 31.2 Å². The Hall–Kier alpha value is -4.48. The fourth-order valence-electron chi connectivity index (χ4n) is 6.78. The predicted octanol–water partition coefficient (Wildman–Crippen LogP) is 3.20. The number of allylic oxidation sites excluding steroid dienone is 2. The molecule has 0 spiro atoms. The lowest BCUT2D eigenvalue weighted by Crippen LogP contribution is -2.44. The molecule has 1 saturated heterocycles. The average molecular weight is 595 g/mol. The molecule has 2 N–H and O–H groups in total. The standard InChI is InChI=1S/C33H38N8O3/c1-37-12-14-39(15-13-37)22-10-11-31(34-19-22)35-27-18-26(36-38(2)33(27)44)23-7-5-9-28(25(23)21-42)40-16-17-41-29-8-4-3-6-24(29)32(43)30(41)20-40/h5,7,9-11,18-20,42H,3-4,6,8,12-17,21H2,1-2H3,(H,34,35). The quantitative estimate of drug-likeness (QED) is 0.442. The Kier molecular flexibility index (Phi) is 7.43. The molecule has 4 aliphatic rings. The van der Waals surface area contributed by atoms with E-state index in [-0.39, 0.29) is 17.9 Å². The first kappa shape index (κ1) is 28.3. The number of anilines is 4. The number of aliphatic hydroxyl groups is 1. The Labute approximate surface area is 256 Å². The molecule has 7 rings (SSSR count). The number of ketones is 1. The molecule has 3 aliphatic heterocycles. The second-order valence-electron chi connectivity index (χ2n) is 12.0. The normalized spacial score (nSPS) is 18.8. The number of likely N-dealkylation sites (N-methyl/N-ethyl adjacent to an activating group) is 1. The molecule has 5 heterocycles. The van der Waals surface area contributed by atoms with E-state index in [4.69, 9.17) is 0 Å². The summed E-state index contributed by atoms with van der Waals surface area (Å²) >= 11 is 0. The van der Waals surface area contributed by atoms with Crippen LogP contribution in [0, 0.1) is 0 Å². The number of fused-ring (bicyclic) bond motifs is 2. The van der Waals surface area contributed by atoms with Crippen molar-refractivity contribution in [2.75, 3.05) is 61.4 Å². The highest BCUT2D eigenvalue weighted by Crippen LogP contribution is 2.41. The molecule has 44 heavy (non-hydrogen) atoms. The van der Waals surface area contributed by atoms with Crippen LogP contribution in [0.3, 0.4) is 0 Å². The number of hydrogen-bond donors (Lipinski definition) is 2. The molecule has 0 bridgehead atoms. The molecular formula is C33H38N8O3. The Bertz CT molecular complexity index is 1720. The third kappa shape index (κ3) is 5.05. The summed E-state index contributed by atoms with van der Waals surface area (Å²) < 4.78 is 1.30. The summed E-state index contributed by atoms with van der Waals surface area (Å²) in [7, 11) is 3.75. The van der Waals surface area contributed by atoms with Crippen LogP contribution in [-0.4, -0.2) is 81.8 Å². The number of carbonyl (C=O) groups excluding carboxylic acids is 1. The molecule has 0 atom stereocenters. The van der Waals surface area contributed by atoms with Gasteiger partial charge in [0.05, 0.1) is 24.2 Å². The van der Waals surface area contributed by atoms with E-state index >= 15 is 0 Å². The highest BCUT2D eigenvalue weighted by atomic mass is 16.3. The van der Waals surface area contributed by atoms with Crippen molar-refractivity contribution >= 4 is 28.7 Å². The van der Waals surface area contributed by atoms with Crippen LogP contribution in [0.25, 0.3) is 11.3 Å². The molecule has 3 aromatic rings. The molecule has 0 saturated carbocycles. The van der Waals surface area contributed by atoms with Crippen molar-refractivity contribution < 1.29 is 9.90 Å². The Morgan fingerprint density at radius 1 is 0.955 bits per heavy atom. The van der Waals surface area contributed by atoms with Crippen LogP contribution in [0.2, 0.25) is 0 Å². The summed E-state index contributed by atoms with van der Waals surface area (Å²) in [6.07, 6.45) is 7.76. The molecule has 1 aromatic carbocycles. The number of pyridine rings is 1. The molecule has 0 unspecified atom stereocenters. The van der Waals surface area contributed by atoms with Crippen molar-refractivity contribution in [1.82, 2.24) is 24.6 Å². The van der Waals surface area contributed by atoms with Crippen LogP contribution in [0.15, 0.2) is 70.6 Å². The third-order valence-electron chi connectivity index (χ3n) is 9.24. The number of benzene rings is 1. The summed E-state index contributed by atoms with van der Waals surface area (Å²) in [5, 5.41) is 18.4. The number of nitrogens with one attached hydrogen (secondary N) is 1. The summed E-state index contributed by atoms with van der Waals surface area (Å²) in [6, 6.07) is 11.4. The maximum Gasteiger partial charge on any atom is 0.290 e. The van der Waals surface area contributed by atoms with Gasteiger partial charge in [-0.15, -0.1) is 0 Å². The minimum Gasteiger partial charge on any atom is -0.392 e. The Morgan fingerprint density at radius 3 is 2.55 bits per heavy atom. The number of piperazine rings is 1. The molecule has 0 radical (unpaired) electrons. The van der Waals surface area contributed by atoms with Crippen LogP contribution in [0.4, 0.5) is 22.9 Å². The molecule has 1 aliphatic carbocycles. The molecular weight excluding hydrogens is 556 g/mol. The number of Topliss-reactive ketones (excluding diaryl/α,β-unsaturated/α-hetero) is 1. The van der Waals surface area contributed by atoms with E-state index in [0.29, 0.717) is 29.3 Å². The average Bonchev–Trinajstić information content (AvgIpc) is 3.34. The lowest BCUT2D eigenvalue weighted by molar-refractivity contribution is -0.112. The van der Waals surface area contributed by atoms with Gasteiger partial charge in [-0.05, 0) is 57.0 Å². The van der Waals surface area contributed by atoms with Crippen LogP contribution < -0.4 is 20.7 Å². The lowest BCUT2D eigenvalue weighted by atomic mass is 9.96.